The van der Waals surface area contributed by atoms with Crippen molar-refractivity contribution < 1.29 is 24.3 Å². The fourth-order valence-corrected chi connectivity index (χ4v) is 4.46. The minimum Gasteiger partial charge on any atom is -0.481 e. The normalized spacial score (nSPS) is 17.6. The molecule has 2 aliphatic rings. The van der Waals surface area contributed by atoms with Gasteiger partial charge in [-0.05, 0) is 37.5 Å². The van der Waals surface area contributed by atoms with E-state index in [2.05, 4.69) is 4.90 Å². The molecular weight excluding hydrogens is 372 g/mol. The minimum absolute atomic E-state index is 0.212. The number of nitrogens with zero attached hydrogens (tertiary/aromatic N) is 2. The first kappa shape index (κ1) is 19.1. The van der Waals surface area contributed by atoms with Crippen molar-refractivity contribution in [2.45, 2.75) is 31.7 Å². The summed E-state index contributed by atoms with van der Waals surface area (Å²) in [7, 11) is 0. The predicted molar refractivity (Wildman–Crippen MR) is 108 cm³/mol. The number of rotatable bonds is 7. The van der Waals surface area contributed by atoms with Crippen molar-refractivity contribution in [3.05, 3.63) is 35.9 Å². The third kappa shape index (κ3) is 3.16. The van der Waals surface area contributed by atoms with Crippen molar-refractivity contribution in [2.24, 2.45) is 5.92 Å². The maximum absolute atomic E-state index is 13.0. The van der Waals surface area contributed by atoms with Crippen molar-refractivity contribution in [3.63, 3.8) is 0 Å². The first-order valence-corrected chi connectivity index (χ1v) is 9.82. The largest absolute Gasteiger partial charge is 0.481 e. The Morgan fingerprint density at radius 3 is 2.55 bits per heavy atom. The summed E-state index contributed by atoms with van der Waals surface area (Å²) in [6.45, 7) is 1.28. The van der Waals surface area contributed by atoms with Crippen molar-refractivity contribution in [1.82, 2.24) is 0 Å². The summed E-state index contributed by atoms with van der Waals surface area (Å²) >= 11 is 0. The third-order valence-corrected chi connectivity index (χ3v) is 5.96. The SMILES string of the molecule is O=CCCC(C=O)N1C(=O)c2ccc(N3CCC(C(=O)O)CC3)c3cccc1c23. The lowest BCUT2D eigenvalue weighted by atomic mass is 9.95. The molecule has 2 heterocycles. The molecule has 1 saturated heterocycles. The molecule has 0 saturated carbocycles. The number of aldehydes is 2. The van der Waals surface area contributed by atoms with Crippen LogP contribution in [0.5, 0.6) is 0 Å². The fraction of sp³-hybridized carbons (Fsp3) is 0.364. The van der Waals surface area contributed by atoms with Crippen LogP contribution >= 0.6 is 0 Å². The summed E-state index contributed by atoms with van der Waals surface area (Å²) in [4.78, 5) is 50.3. The maximum atomic E-state index is 13.0. The van der Waals surface area contributed by atoms with Crippen molar-refractivity contribution in [2.75, 3.05) is 22.9 Å². The van der Waals surface area contributed by atoms with Crippen molar-refractivity contribution in [1.29, 1.82) is 0 Å². The molecule has 150 valence electrons. The molecule has 0 radical (unpaired) electrons. The summed E-state index contributed by atoms with van der Waals surface area (Å²) in [5, 5.41) is 11.0. The Hall–Kier alpha value is -3.22. The topological polar surface area (TPSA) is 95.0 Å². The van der Waals surface area contributed by atoms with E-state index in [-0.39, 0.29) is 18.2 Å². The van der Waals surface area contributed by atoms with Gasteiger partial charge in [-0.2, -0.15) is 0 Å². The third-order valence-electron chi connectivity index (χ3n) is 5.96. The highest BCUT2D eigenvalue weighted by molar-refractivity contribution is 6.27. The molecule has 2 aromatic rings. The second-order valence-electron chi connectivity index (χ2n) is 7.55. The number of aliphatic carboxylic acids is 1. The predicted octanol–water partition coefficient (Wildman–Crippen LogP) is 2.65. The maximum Gasteiger partial charge on any atom is 0.306 e. The van der Waals surface area contributed by atoms with E-state index in [0.29, 0.717) is 43.6 Å². The lowest BCUT2D eigenvalue weighted by Gasteiger charge is -2.32. The molecule has 1 unspecified atom stereocenters. The second kappa shape index (κ2) is 7.66. The van der Waals surface area contributed by atoms with Crippen LogP contribution in [0.15, 0.2) is 30.3 Å². The molecule has 0 aromatic heterocycles. The van der Waals surface area contributed by atoms with Crippen LogP contribution in [0.4, 0.5) is 11.4 Å². The Balaban J connectivity index is 1.72. The van der Waals surface area contributed by atoms with Crippen LogP contribution in [0.2, 0.25) is 0 Å². The molecule has 1 fully saturated rings. The monoisotopic (exact) mass is 394 g/mol. The Bertz CT molecular complexity index is 994. The van der Waals surface area contributed by atoms with Gasteiger partial charge in [0.15, 0.2) is 0 Å². The van der Waals surface area contributed by atoms with Gasteiger partial charge in [0.1, 0.15) is 12.6 Å². The summed E-state index contributed by atoms with van der Waals surface area (Å²) in [5.74, 6) is -1.29. The second-order valence-corrected chi connectivity index (χ2v) is 7.55. The molecule has 0 bridgehead atoms. The first-order valence-electron chi connectivity index (χ1n) is 9.82. The number of piperidine rings is 1. The zero-order valence-corrected chi connectivity index (χ0v) is 15.9. The van der Waals surface area contributed by atoms with E-state index < -0.39 is 12.0 Å². The van der Waals surface area contributed by atoms with Crippen molar-refractivity contribution in [3.8, 4) is 0 Å². The zero-order chi connectivity index (χ0) is 20.5. The highest BCUT2D eigenvalue weighted by atomic mass is 16.4. The van der Waals surface area contributed by atoms with Gasteiger partial charge in [0.25, 0.3) is 5.91 Å². The fourth-order valence-electron chi connectivity index (χ4n) is 4.46. The van der Waals surface area contributed by atoms with E-state index in [1.54, 1.807) is 6.07 Å². The molecule has 4 rings (SSSR count). The highest BCUT2D eigenvalue weighted by Crippen LogP contribution is 2.43. The molecule has 0 spiro atoms. The lowest BCUT2D eigenvalue weighted by Crippen LogP contribution is -2.39. The van der Waals surface area contributed by atoms with Gasteiger partial charge in [-0.25, -0.2) is 0 Å². The molecule has 7 nitrogen and oxygen atoms in total. The van der Waals surface area contributed by atoms with Gasteiger partial charge in [0.05, 0.1) is 23.2 Å². The summed E-state index contributed by atoms with van der Waals surface area (Å²) in [5.41, 5.74) is 2.21. The zero-order valence-electron chi connectivity index (χ0n) is 15.9. The van der Waals surface area contributed by atoms with Crippen LogP contribution in [-0.4, -0.2) is 48.7 Å². The van der Waals surface area contributed by atoms with Gasteiger partial charge in [-0.15, -0.1) is 0 Å². The van der Waals surface area contributed by atoms with E-state index >= 15 is 0 Å². The smallest absolute Gasteiger partial charge is 0.306 e. The minimum atomic E-state index is -0.749. The number of carboxylic acid groups (broad SMARTS) is 1. The molecule has 1 atom stereocenters. The molecule has 2 aliphatic heterocycles. The van der Waals surface area contributed by atoms with Gasteiger partial charge in [0.2, 0.25) is 0 Å². The van der Waals surface area contributed by atoms with Crippen LogP contribution < -0.4 is 9.80 Å². The number of carboxylic acids is 1. The average Bonchev–Trinajstić information content (AvgIpc) is 3.03. The molecule has 7 heteroatoms. The average molecular weight is 394 g/mol. The van der Waals surface area contributed by atoms with Gasteiger partial charge in [-0.3, -0.25) is 14.5 Å². The number of hydrogen-bond donors (Lipinski definition) is 1. The summed E-state index contributed by atoms with van der Waals surface area (Å²) in [6, 6.07) is 8.66. The summed E-state index contributed by atoms with van der Waals surface area (Å²) < 4.78 is 0. The molecule has 0 aliphatic carbocycles. The number of hydrogen-bond acceptors (Lipinski definition) is 5. The molecular formula is C22H22N2O5. The number of carbonyl (C=O) groups is 4. The number of carbonyl (C=O) groups excluding carboxylic acids is 3. The first-order chi connectivity index (χ1) is 14.1. The van der Waals surface area contributed by atoms with E-state index in [0.717, 1.165) is 29.0 Å². The summed E-state index contributed by atoms with van der Waals surface area (Å²) in [6.07, 6.45) is 3.15. The van der Waals surface area contributed by atoms with Gasteiger partial charge >= 0.3 is 5.97 Å². The van der Waals surface area contributed by atoms with Crippen molar-refractivity contribution >= 4 is 46.6 Å². The van der Waals surface area contributed by atoms with Crippen LogP contribution in [0.3, 0.4) is 0 Å². The van der Waals surface area contributed by atoms with Crippen LogP contribution in [-0.2, 0) is 14.4 Å². The molecule has 29 heavy (non-hydrogen) atoms. The van der Waals surface area contributed by atoms with Gasteiger partial charge in [0, 0.05) is 36.0 Å². The Kier molecular flexibility index (Phi) is 5.05. The van der Waals surface area contributed by atoms with E-state index in [1.165, 1.54) is 4.90 Å². The van der Waals surface area contributed by atoms with E-state index in [4.69, 9.17) is 0 Å². The highest BCUT2D eigenvalue weighted by Gasteiger charge is 2.36. The van der Waals surface area contributed by atoms with Crippen LogP contribution in [0, 0.1) is 5.92 Å². The van der Waals surface area contributed by atoms with Crippen LogP contribution in [0.1, 0.15) is 36.0 Å². The molecule has 1 N–H and O–H groups in total. The quantitative estimate of drug-likeness (QED) is 0.726. The van der Waals surface area contributed by atoms with Gasteiger partial charge < -0.3 is 19.6 Å². The number of amides is 1. The Morgan fingerprint density at radius 1 is 1.14 bits per heavy atom. The molecule has 2 aromatic carbocycles. The van der Waals surface area contributed by atoms with Gasteiger partial charge in [-0.1, -0.05) is 12.1 Å². The van der Waals surface area contributed by atoms with E-state index in [1.807, 2.05) is 24.3 Å². The number of anilines is 2. The number of benzene rings is 2. The standard InChI is InChI=1S/C22H22N2O5/c25-12-2-3-15(13-26)24-19-5-1-4-16-18(7-6-17(20(16)19)21(24)27)23-10-8-14(9-11-23)22(28)29/h1,4-7,12-15H,2-3,8-11H2,(H,28,29). The van der Waals surface area contributed by atoms with E-state index in [9.17, 15) is 24.3 Å². The lowest BCUT2D eigenvalue weighted by molar-refractivity contribution is -0.142. The Morgan fingerprint density at radius 2 is 1.90 bits per heavy atom. The van der Waals surface area contributed by atoms with Crippen LogP contribution in [0.25, 0.3) is 10.8 Å². The Labute approximate surface area is 167 Å². The molecule has 1 amide bonds.